The molecule has 0 radical (unpaired) electrons. The molecule has 1 fully saturated rings. The molecule has 3 rings (SSSR count). The highest BCUT2D eigenvalue weighted by molar-refractivity contribution is 5.89. The summed E-state index contributed by atoms with van der Waals surface area (Å²) in [6.45, 7) is 5.29. The number of nitrogens with one attached hydrogen (secondary N) is 1. The van der Waals surface area contributed by atoms with Crippen molar-refractivity contribution in [1.29, 1.82) is 0 Å². The molecular formula is C19H26N6O2. The minimum Gasteiger partial charge on any atom is -0.494 e. The van der Waals surface area contributed by atoms with Crippen molar-refractivity contribution < 1.29 is 9.53 Å². The Morgan fingerprint density at radius 2 is 1.89 bits per heavy atom. The maximum Gasteiger partial charge on any atom is 0.321 e. The van der Waals surface area contributed by atoms with E-state index in [2.05, 4.69) is 20.4 Å². The number of hydrogen-bond acceptors (Lipinski definition) is 6. The van der Waals surface area contributed by atoms with Crippen LogP contribution in [0, 0.1) is 0 Å². The second-order valence-corrected chi connectivity index (χ2v) is 6.53. The molecule has 0 unspecified atom stereocenters. The Bertz CT molecular complexity index is 757. The number of amides is 2. The average Bonchev–Trinajstić information content (AvgIpc) is 2.70. The largest absolute Gasteiger partial charge is 0.494 e. The molecular weight excluding hydrogens is 344 g/mol. The highest BCUT2D eigenvalue weighted by Crippen LogP contribution is 2.19. The monoisotopic (exact) mass is 370 g/mol. The topological polar surface area (TPSA) is 73.8 Å². The van der Waals surface area contributed by atoms with Crippen molar-refractivity contribution in [2.24, 2.45) is 0 Å². The Hall–Kier alpha value is -3.03. The summed E-state index contributed by atoms with van der Waals surface area (Å²) in [5, 5.41) is 11.2. The van der Waals surface area contributed by atoms with E-state index in [0.717, 1.165) is 36.0 Å². The molecule has 0 atom stereocenters. The molecule has 0 bridgehead atoms. The number of aromatic nitrogens is 2. The van der Waals surface area contributed by atoms with Crippen LogP contribution in [0.2, 0.25) is 0 Å². The van der Waals surface area contributed by atoms with Gasteiger partial charge >= 0.3 is 6.03 Å². The molecule has 2 amide bonds. The van der Waals surface area contributed by atoms with E-state index in [0.29, 0.717) is 19.7 Å². The van der Waals surface area contributed by atoms with Gasteiger partial charge in [0.15, 0.2) is 5.82 Å². The summed E-state index contributed by atoms with van der Waals surface area (Å²) in [6.07, 6.45) is 1.74. The van der Waals surface area contributed by atoms with Crippen molar-refractivity contribution in [2.45, 2.75) is 6.92 Å². The minimum atomic E-state index is -0.0908. The SMILES string of the molecule is CCOc1ccc(NC(=O)N2CCN(c3cc(N(C)C)cnn3)CC2)cc1. The van der Waals surface area contributed by atoms with Gasteiger partial charge in [0.2, 0.25) is 0 Å². The lowest BCUT2D eigenvalue weighted by Crippen LogP contribution is -2.50. The van der Waals surface area contributed by atoms with Gasteiger partial charge in [-0.05, 0) is 31.2 Å². The molecule has 27 heavy (non-hydrogen) atoms. The van der Waals surface area contributed by atoms with Crippen LogP contribution in [0.25, 0.3) is 0 Å². The Labute approximate surface area is 159 Å². The summed E-state index contributed by atoms with van der Waals surface area (Å²) in [6, 6.07) is 9.33. The number of ether oxygens (including phenoxy) is 1. The van der Waals surface area contributed by atoms with Gasteiger partial charge in [-0.2, -0.15) is 5.10 Å². The maximum absolute atomic E-state index is 12.5. The smallest absolute Gasteiger partial charge is 0.321 e. The number of anilines is 3. The predicted octanol–water partition coefficient (Wildman–Crippen LogP) is 2.30. The number of hydrogen-bond donors (Lipinski definition) is 1. The van der Waals surface area contributed by atoms with Crippen LogP contribution in [0.5, 0.6) is 5.75 Å². The molecule has 144 valence electrons. The van der Waals surface area contributed by atoms with Gasteiger partial charge in [-0.25, -0.2) is 4.79 Å². The van der Waals surface area contributed by atoms with Crippen molar-refractivity contribution in [3.8, 4) is 5.75 Å². The lowest BCUT2D eigenvalue weighted by atomic mass is 10.3. The molecule has 2 heterocycles. The molecule has 1 N–H and O–H groups in total. The summed E-state index contributed by atoms with van der Waals surface area (Å²) in [5.74, 6) is 1.64. The molecule has 1 aromatic heterocycles. The number of piperazine rings is 1. The molecule has 1 saturated heterocycles. The zero-order chi connectivity index (χ0) is 19.2. The van der Waals surface area contributed by atoms with E-state index < -0.39 is 0 Å². The fourth-order valence-electron chi connectivity index (χ4n) is 2.89. The van der Waals surface area contributed by atoms with E-state index in [1.165, 1.54) is 0 Å². The van der Waals surface area contributed by atoms with Gasteiger partial charge in [-0.3, -0.25) is 0 Å². The van der Waals surface area contributed by atoms with Gasteiger partial charge in [0, 0.05) is 52.0 Å². The van der Waals surface area contributed by atoms with Crippen LogP contribution in [0.1, 0.15) is 6.92 Å². The van der Waals surface area contributed by atoms with Crippen molar-refractivity contribution >= 4 is 23.2 Å². The Morgan fingerprint density at radius 1 is 1.19 bits per heavy atom. The number of urea groups is 1. The summed E-state index contributed by atoms with van der Waals surface area (Å²) in [4.78, 5) is 18.5. The van der Waals surface area contributed by atoms with Gasteiger partial charge in [-0.1, -0.05) is 0 Å². The van der Waals surface area contributed by atoms with Crippen LogP contribution >= 0.6 is 0 Å². The number of benzene rings is 1. The predicted molar refractivity (Wildman–Crippen MR) is 107 cm³/mol. The van der Waals surface area contributed by atoms with Crippen LogP contribution < -0.4 is 19.9 Å². The first-order chi connectivity index (χ1) is 13.1. The fourth-order valence-corrected chi connectivity index (χ4v) is 2.89. The zero-order valence-electron chi connectivity index (χ0n) is 16.1. The molecule has 1 aliphatic rings. The number of carbonyl (C=O) groups is 1. The molecule has 0 saturated carbocycles. The van der Waals surface area contributed by atoms with E-state index in [1.807, 2.05) is 61.2 Å². The lowest BCUT2D eigenvalue weighted by Gasteiger charge is -2.35. The van der Waals surface area contributed by atoms with E-state index >= 15 is 0 Å². The van der Waals surface area contributed by atoms with Gasteiger partial charge in [-0.15, -0.1) is 5.10 Å². The quantitative estimate of drug-likeness (QED) is 0.871. The van der Waals surface area contributed by atoms with Crippen molar-refractivity contribution in [1.82, 2.24) is 15.1 Å². The van der Waals surface area contributed by atoms with Crippen molar-refractivity contribution in [3.63, 3.8) is 0 Å². The van der Waals surface area contributed by atoms with E-state index in [4.69, 9.17) is 4.74 Å². The van der Waals surface area contributed by atoms with E-state index in [1.54, 1.807) is 6.20 Å². The van der Waals surface area contributed by atoms with Gasteiger partial charge in [0.1, 0.15) is 5.75 Å². The summed E-state index contributed by atoms with van der Waals surface area (Å²) < 4.78 is 5.42. The summed E-state index contributed by atoms with van der Waals surface area (Å²) in [5.41, 5.74) is 1.77. The molecule has 0 spiro atoms. The highest BCUT2D eigenvalue weighted by atomic mass is 16.5. The molecule has 8 nitrogen and oxygen atoms in total. The summed E-state index contributed by atoms with van der Waals surface area (Å²) >= 11 is 0. The van der Waals surface area contributed by atoms with Crippen molar-refractivity contribution in [2.75, 3.05) is 62.0 Å². The average molecular weight is 370 g/mol. The molecule has 0 aliphatic carbocycles. The first-order valence-corrected chi connectivity index (χ1v) is 9.10. The lowest BCUT2D eigenvalue weighted by molar-refractivity contribution is 0.208. The van der Waals surface area contributed by atoms with Gasteiger partial charge in [0.25, 0.3) is 0 Å². The number of nitrogens with zero attached hydrogens (tertiary/aromatic N) is 5. The standard InChI is InChI=1S/C19H26N6O2/c1-4-27-17-7-5-15(6-8-17)21-19(26)25-11-9-24(10-12-25)18-13-16(23(2)3)14-20-22-18/h5-8,13-14H,4,9-12H2,1-3H3,(H,21,26). The first kappa shape index (κ1) is 18.8. The second kappa shape index (κ2) is 8.57. The van der Waals surface area contributed by atoms with Crippen LogP contribution in [0.4, 0.5) is 22.0 Å². The van der Waals surface area contributed by atoms with Crippen molar-refractivity contribution in [3.05, 3.63) is 36.5 Å². The minimum absolute atomic E-state index is 0.0908. The number of carbonyl (C=O) groups excluding carboxylic acids is 1. The Kier molecular flexibility index (Phi) is 5.95. The van der Waals surface area contributed by atoms with Gasteiger partial charge < -0.3 is 24.8 Å². The van der Waals surface area contributed by atoms with E-state index in [9.17, 15) is 4.79 Å². The maximum atomic E-state index is 12.5. The molecule has 8 heteroatoms. The van der Waals surface area contributed by atoms with Crippen LogP contribution in [-0.4, -0.2) is 68.0 Å². The summed E-state index contributed by atoms with van der Waals surface area (Å²) in [7, 11) is 3.95. The third-order valence-corrected chi connectivity index (χ3v) is 4.45. The Morgan fingerprint density at radius 3 is 2.52 bits per heavy atom. The van der Waals surface area contributed by atoms with Gasteiger partial charge in [0.05, 0.1) is 18.5 Å². The molecule has 1 aromatic carbocycles. The fraction of sp³-hybridized carbons (Fsp3) is 0.421. The Balaban J connectivity index is 1.54. The van der Waals surface area contributed by atoms with Crippen LogP contribution in [0.3, 0.4) is 0 Å². The second-order valence-electron chi connectivity index (χ2n) is 6.53. The first-order valence-electron chi connectivity index (χ1n) is 9.10. The third-order valence-electron chi connectivity index (χ3n) is 4.45. The third kappa shape index (κ3) is 4.78. The van der Waals surface area contributed by atoms with Crippen LogP contribution in [0.15, 0.2) is 36.5 Å². The molecule has 2 aromatic rings. The highest BCUT2D eigenvalue weighted by Gasteiger charge is 2.22. The molecule has 1 aliphatic heterocycles. The zero-order valence-corrected chi connectivity index (χ0v) is 16.1. The normalized spacial score (nSPS) is 14.0. The number of rotatable bonds is 5. The van der Waals surface area contributed by atoms with Crippen LogP contribution in [-0.2, 0) is 0 Å². The van der Waals surface area contributed by atoms with E-state index in [-0.39, 0.29) is 6.03 Å².